The Hall–Kier alpha value is -1.12. The largest absolute Gasteiger partial charge is 0.462 e. The second kappa shape index (κ2) is 5.69. The summed E-state index contributed by atoms with van der Waals surface area (Å²) in [7, 11) is 0. The van der Waals surface area contributed by atoms with Gasteiger partial charge in [0, 0.05) is 5.56 Å². The lowest BCUT2D eigenvalue weighted by Gasteiger charge is -1.98. The second-order valence-electron chi connectivity index (χ2n) is 2.54. The minimum atomic E-state index is -0.585. The maximum atomic E-state index is 11.3. The van der Waals surface area contributed by atoms with Crippen LogP contribution in [0.4, 0.5) is 0 Å². The Kier molecular flexibility index (Phi) is 4.53. The van der Waals surface area contributed by atoms with Crippen LogP contribution in [-0.4, -0.2) is 12.6 Å². The van der Waals surface area contributed by atoms with Gasteiger partial charge in [-0.2, -0.15) is 5.26 Å². The van der Waals surface area contributed by atoms with Gasteiger partial charge in [0.05, 0.1) is 10.4 Å². The van der Waals surface area contributed by atoms with E-state index in [9.17, 15) is 4.79 Å². The number of nitriles is 1. The molecule has 78 valence electrons. The van der Waals surface area contributed by atoms with E-state index >= 15 is 0 Å². The van der Waals surface area contributed by atoms with E-state index in [4.69, 9.17) is 10.00 Å². The van der Waals surface area contributed by atoms with Crippen molar-refractivity contribution in [2.75, 3.05) is 6.61 Å². The molecule has 1 rings (SSSR count). The van der Waals surface area contributed by atoms with Crippen molar-refractivity contribution in [3.8, 4) is 6.07 Å². The van der Waals surface area contributed by atoms with Gasteiger partial charge in [0.25, 0.3) is 0 Å². The normalized spacial score (nSPS) is 10.9. The van der Waals surface area contributed by atoms with Crippen LogP contribution in [0.1, 0.15) is 12.5 Å². The third-order valence-electron chi connectivity index (χ3n) is 1.56. The van der Waals surface area contributed by atoms with Gasteiger partial charge in [0.15, 0.2) is 0 Å². The number of rotatable bonds is 3. The smallest absolute Gasteiger partial charge is 0.348 e. The topological polar surface area (TPSA) is 50.1 Å². The van der Waals surface area contributed by atoms with Gasteiger partial charge in [-0.05, 0) is 40.4 Å². The van der Waals surface area contributed by atoms with Crippen LogP contribution >= 0.6 is 27.3 Å². The predicted molar refractivity (Wildman–Crippen MR) is 62.2 cm³/mol. The average Bonchev–Trinajstić information content (AvgIpc) is 2.61. The van der Waals surface area contributed by atoms with Crippen molar-refractivity contribution in [3.63, 3.8) is 0 Å². The summed E-state index contributed by atoms with van der Waals surface area (Å²) in [5, 5.41) is 10.7. The van der Waals surface area contributed by atoms with E-state index in [1.807, 2.05) is 17.5 Å². The highest BCUT2D eigenvalue weighted by molar-refractivity contribution is 9.11. The number of hydrogen-bond acceptors (Lipinski definition) is 4. The zero-order valence-corrected chi connectivity index (χ0v) is 10.4. The van der Waals surface area contributed by atoms with E-state index in [0.717, 1.165) is 9.35 Å². The van der Waals surface area contributed by atoms with Gasteiger partial charge >= 0.3 is 5.97 Å². The number of hydrogen-bond donors (Lipinski definition) is 0. The van der Waals surface area contributed by atoms with Crippen molar-refractivity contribution in [1.82, 2.24) is 0 Å². The zero-order chi connectivity index (χ0) is 11.3. The summed E-state index contributed by atoms with van der Waals surface area (Å²) in [5.74, 6) is -0.585. The van der Waals surface area contributed by atoms with Crippen LogP contribution in [0, 0.1) is 11.3 Å². The molecule has 0 aliphatic carbocycles. The molecule has 1 aromatic heterocycles. The van der Waals surface area contributed by atoms with E-state index in [2.05, 4.69) is 15.9 Å². The SMILES string of the molecule is CCOC(=O)/C(C#N)=C\c1ccsc1Br. The van der Waals surface area contributed by atoms with Gasteiger partial charge in [-0.3, -0.25) is 0 Å². The lowest BCUT2D eigenvalue weighted by atomic mass is 10.2. The summed E-state index contributed by atoms with van der Waals surface area (Å²) >= 11 is 4.82. The molecule has 0 atom stereocenters. The molecule has 1 heterocycles. The molecular weight excluding hydrogens is 278 g/mol. The molecule has 3 nitrogen and oxygen atoms in total. The molecule has 0 fully saturated rings. The maximum absolute atomic E-state index is 11.3. The molecule has 0 saturated carbocycles. The second-order valence-corrected chi connectivity index (χ2v) is 4.77. The third kappa shape index (κ3) is 3.18. The van der Waals surface area contributed by atoms with Crippen LogP contribution in [0.25, 0.3) is 6.08 Å². The third-order valence-corrected chi connectivity index (χ3v) is 3.30. The number of esters is 1. The fourth-order valence-electron chi connectivity index (χ4n) is 0.907. The van der Waals surface area contributed by atoms with E-state index in [1.165, 1.54) is 17.4 Å². The van der Waals surface area contributed by atoms with Crippen LogP contribution in [0.3, 0.4) is 0 Å². The monoisotopic (exact) mass is 285 g/mol. The van der Waals surface area contributed by atoms with Crippen molar-refractivity contribution >= 4 is 39.3 Å². The zero-order valence-electron chi connectivity index (χ0n) is 7.99. The molecule has 0 amide bonds. The molecule has 0 aliphatic rings. The fourth-order valence-corrected chi connectivity index (χ4v) is 2.07. The number of nitrogens with zero attached hydrogens (tertiary/aromatic N) is 1. The molecule has 0 bridgehead atoms. The van der Waals surface area contributed by atoms with Crippen molar-refractivity contribution in [2.24, 2.45) is 0 Å². The summed E-state index contributed by atoms with van der Waals surface area (Å²) in [6.45, 7) is 1.97. The summed E-state index contributed by atoms with van der Waals surface area (Å²) in [6, 6.07) is 3.65. The summed E-state index contributed by atoms with van der Waals surface area (Å²) in [6.07, 6.45) is 1.51. The van der Waals surface area contributed by atoms with Crippen LogP contribution in [0.15, 0.2) is 20.8 Å². The van der Waals surface area contributed by atoms with Gasteiger partial charge in [-0.1, -0.05) is 0 Å². The molecule has 0 aromatic carbocycles. The minimum Gasteiger partial charge on any atom is -0.462 e. The lowest BCUT2D eigenvalue weighted by molar-refractivity contribution is -0.137. The minimum absolute atomic E-state index is 0.0101. The Balaban J connectivity index is 2.94. The molecule has 5 heteroatoms. The quantitative estimate of drug-likeness (QED) is 0.487. The number of carbonyl (C=O) groups is 1. The molecule has 0 N–H and O–H groups in total. The highest BCUT2D eigenvalue weighted by atomic mass is 79.9. The predicted octanol–water partition coefficient (Wildman–Crippen LogP) is 2.98. The van der Waals surface area contributed by atoms with E-state index in [-0.39, 0.29) is 12.2 Å². The first kappa shape index (κ1) is 12.0. The van der Waals surface area contributed by atoms with Crippen molar-refractivity contribution in [1.29, 1.82) is 5.26 Å². The molecular formula is C10H8BrNO2S. The fraction of sp³-hybridized carbons (Fsp3) is 0.200. The average molecular weight is 286 g/mol. The summed E-state index contributed by atoms with van der Waals surface area (Å²) < 4.78 is 5.63. The van der Waals surface area contributed by atoms with Gasteiger partial charge in [0.1, 0.15) is 11.6 Å². The Bertz CT molecular complexity index is 431. The van der Waals surface area contributed by atoms with E-state index in [1.54, 1.807) is 6.92 Å². The molecule has 15 heavy (non-hydrogen) atoms. The van der Waals surface area contributed by atoms with Gasteiger partial charge in [-0.15, -0.1) is 11.3 Å². The molecule has 0 saturated heterocycles. The summed E-state index contributed by atoms with van der Waals surface area (Å²) in [5.41, 5.74) is 0.820. The molecule has 0 aliphatic heterocycles. The van der Waals surface area contributed by atoms with Crippen LogP contribution in [0.5, 0.6) is 0 Å². The van der Waals surface area contributed by atoms with Gasteiger partial charge in [0.2, 0.25) is 0 Å². The first-order valence-corrected chi connectivity index (χ1v) is 5.88. The highest BCUT2D eigenvalue weighted by Crippen LogP contribution is 2.25. The Morgan fingerprint density at radius 3 is 3.00 bits per heavy atom. The van der Waals surface area contributed by atoms with Crippen LogP contribution in [0.2, 0.25) is 0 Å². The highest BCUT2D eigenvalue weighted by Gasteiger charge is 2.10. The number of carbonyl (C=O) groups excluding carboxylic acids is 1. The molecule has 1 aromatic rings. The van der Waals surface area contributed by atoms with Crippen molar-refractivity contribution < 1.29 is 9.53 Å². The first-order valence-electron chi connectivity index (χ1n) is 4.21. The molecule has 0 unspecified atom stereocenters. The van der Waals surface area contributed by atoms with Gasteiger partial charge < -0.3 is 4.74 Å². The first-order chi connectivity index (χ1) is 7.19. The maximum Gasteiger partial charge on any atom is 0.348 e. The van der Waals surface area contributed by atoms with Gasteiger partial charge in [-0.25, -0.2) is 4.79 Å². The van der Waals surface area contributed by atoms with Crippen molar-refractivity contribution in [3.05, 3.63) is 26.4 Å². The Morgan fingerprint density at radius 1 is 1.80 bits per heavy atom. The summed E-state index contributed by atoms with van der Waals surface area (Å²) in [4.78, 5) is 11.3. The lowest BCUT2D eigenvalue weighted by Crippen LogP contribution is -2.05. The van der Waals surface area contributed by atoms with Crippen LogP contribution in [-0.2, 0) is 9.53 Å². The molecule has 0 radical (unpaired) electrons. The van der Waals surface area contributed by atoms with E-state index < -0.39 is 5.97 Å². The van der Waals surface area contributed by atoms with E-state index in [0.29, 0.717) is 0 Å². The Labute approximate surface area is 100 Å². The van der Waals surface area contributed by atoms with Crippen molar-refractivity contribution in [2.45, 2.75) is 6.92 Å². The molecule has 0 spiro atoms. The number of ether oxygens (including phenoxy) is 1. The standard InChI is InChI=1S/C10H8BrNO2S/c1-2-14-10(13)8(6-12)5-7-3-4-15-9(7)11/h3-5H,2H2,1H3/b8-5-. The Morgan fingerprint density at radius 2 is 2.53 bits per heavy atom. The number of thiophene rings is 1. The van der Waals surface area contributed by atoms with Crippen LogP contribution < -0.4 is 0 Å². The number of halogens is 1.